The van der Waals surface area contributed by atoms with Crippen molar-refractivity contribution in [2.24, 2.45) is 0 Å². The van der Waals surface area contributed by atoms with Crippen LogP contribution in [0.1, 0.15) is 40.9 Å². The number of nitrogens with one attached hydrogen (secondary N) is 1. The third-order valence-corrected chi connectivity index (χ3v) is 4.99. The number of hydrogen-bond donors (Lipinski definition) is 1. The number of pyridine rings is 1. The van der Waals surface area contributed by atoms with Gasteiger partial charge in [0.15, 0.2) is 0 Å². The Bertz CT molecular complexity index is 1050. The first-order valence-electron chi connectivity index (χ1n) is 8.76. The molecule has 4 rings (SSSR count). The number of para-hydroxylation sites is 1. The second-order valence-electron chi connectivity index (χ2n) is 6.73. The second kappa shape index (κ2) is 6.41. The van der Waals surface area contributed by atoms with Crippen LogP contribution in [0.15, 0.2) is 53.5 Å². The van der Waals surface area contributed by atoms with Crippen molar-refractivity contribution >= 4 is 16.8 Å². The van der Waals surface area contributed by atoms with Gasteiger partial charge < -0.3 is 9.88 Å². The molecule has 0 aliphatic carbocycles. The van der Waals surface area contributed by atoms with Gasteiger partial charge in [-0.25, -0.2) is 4.39 Å². The zero-order valence-corrected chi connectivity index (χ0v) is 14.5. The van der Waals surface area contributed by atoms with E-state index in [2.05, 4.69) is 5.32 Å². The van der Waals surface area contributed by atoms with Crippen LogP contribution < -0.4 is 10.7 Å². The molecular weight excluding hydrogens is 331 g/mol. The average Bonchev–Trinajstić information content (AvgIpc) is 2.65. The monoisotopic (exact) mass is 350 g/mol. The lowest BCUT2D eigenvalue weighted by atomic mass is 9.99. The summed E-state index contributed by atoms with van der Waals surface area (Å²) in [5.41, 5.74) is 2.77. The Labute approximate surface area is 150 Å². The van der Waals surface area contributed by atoms with Gasteiger partial charge in [0.1, 0.15) is 11.4 Å². The number of nitrogens with zero attached hydrogens (tertiary/aromatic N) is 1. The molecule has 1 aliphatic heterocycles. The Morgan fingerprint density at radius 1 is 1.19 bits per heavy atom. The van der Waals surface area contributed by atoms with Crippen LogP contribution in [0.25, 0.3) is 10.9 Å². The molecule has 4 nitrogen and oxygen atoms in total. The van der Waals surface area contributed by atoms with Crippen molar-refractivity contribution < 1.29 is 9.18 Å². The molecule has 1 amide bonds. The van der Waals surface area contributed by atoms with Gasteiger partial charge in [-0.3, -0.25) is 9.59 Å². The van der Waals surface area contributed by atoms with Crippen LogP contribution in [-0.2, 0) is 13.0 Å². The van der Waals surface area contributed by atoms with E-state index in [-0.39, 0.29) is 22.9 Å². The average molecular weight is 350 g/mol. The lowest BCUT2D eigenvalue weighted by Crippen LogP contribution is -2.32. The van der Waals surface area contributed by atoms with Crippen molar-refractivity contribution in [3.8, 4) is 0 Å². The summed E-state index contributed by atoms with van der Waals surface area (Å²) in [5, 5.41) is 3.43. The Morgan fingerprint density at radius 2 is 1.96 bits per heavy atom. The molecular formula is C21H19FN2O2. The first-order chi connectivity index (χ1) is 12.5. The Morgan fingerprint density at radius 3 is 2.73 bits per heavy atom. The number of aryl methyl sites for hydroxylation is 2. The first-order valence-corrected chi connectivity index (χ1v) is 8.76. The lowest BCUT2D eigenvalue weighted by molar-refractivity contribution is 0.0938. The topological polar surface area (TPSA) is 51.1 Å². The molecule has 0 spiro atoms. The maximum absolute atomic E-state index is 13.1. The van der Waals surface area contributed by atoms with Gasteiger partial charge in [0.2, 0.25) is 5.43 Å². The van der Waals surface area contributed by atoms with Gasteiger partial charge in [0.25, 0.3) is 5.91 Å². The van der Waals surface area contributed by atoms with Crippen molar-refractivity contribution in [1.29, 1.82) is 0 Å². The van der Waals surface area contributed by atoms with E-state index in [0.29, 0.717) is 5.39 Å². The van der Waals surface area contributed by atoms with E-state index in [1.54, 1.807) is 24.4 Å². The van der Waals surface area contributed by atoms with Crippen LogP contribution in [-0.4, -0.2) is 10.5 Å². The number of hydrogen-bond acceptors (Lipinski definition) is 2. The molecule has 3 aromatic rings. The molecule has 1 N–H and O–H groups in total. The van der Waals surface area contributed by atoms with E-state index in [0.717, 1.165) is 36.0 Å². The Balaban J connectivity index is 1.70. The molecule has 1 aromatic heterocycles. The highest BCUT2D eigenvalue weighted by Crippen LogP contribution is 2.23. The summed E-state index contributed by atoms with van der Waals surface area (Å²) < 4.78 is 15.1. The zero-order valence-electron chi connectivity index (χ0n) is 14.5. The molecule has 0 saturated heterocycles. The second-order valence-corrected chi connectivity index (χ2v) is 6.73. The summed E-state index contributed by atoms with van der Waals surface area (Å²) in [5.74, 6) is -0.733. The molecule has 0 bridgehead atoms. The molecule has 1 atom stereocenters. The zero-order chi connectivity index (χ0) is 18.3. The number of aromatic nitrogens is 1. The highest BCUT2D eigenvalue weighted by Gasteiger charge is 2.20. The van der Waals surface area contributed by atoms with Crippen molar-refractivity contribution in [1.82, 2.24) is 9.88 Å². The van der Waals surface area contributed by atoms with E-state index in [4.69, 9.17) is 0 Å². The number of rotatable bonds is 3. The van der Waals surface area contributed by atoms with Crippen LogP contribution in [0.2, 0.25) is 0 Å². The predicted octanol–water partition coefficient (Wildman–Crippen LogP) is 3.58. The van der Waals surface area contributed by atoms with E-state index in [1.807, 2.05) is 23.6 Å². The molecule has 1 aliphatic rings. The van der Waals surface area contributed by atoms with Crippen molar-refractivity contribution in [2.45, 2.75) is 32.4 Å². The van der Waals surface area contributed by atoms with E-state index in [9.17, 15) is 14.0 Å². The third kappa shape index (κ3) is 2.79. The maximum Gasteiger partial charge on any atom is 0.257 e. The minimum absolute atomic E-state index is 0.144. The van der Waals surface area contributed by atoms with Crippen LogP contribution in [0.4, 0.5) is 4.39 Å². The summed E-state index contributed by atoms with van der Waals surface area (Å²) in [6.45, 7) is 2.60. The molecule has 2 heterocycles. The highest BCUT2D eigenvalue weighted by molar-refractivity contribution is 5.98. The number of carbonyl (C=O) groups excluding carboxylic acids is 1. The molecule has 26 heavy (non-hydrogen) atoms. The van der Waals surface area contributed by atoms with Gasteiger partial charge in [-0.1, -0.05) is 24.3 Å². The number of halogens is 1. The van der Waals surface area contributed by atoms with Crippen molar-refractivity contribution in [3.63, 3.8) is 0 Å². The SMILES string of the molecule is C[C@@H](NC(=O)c1cn2c3c(cccc3c1=O)CCC2)c1ccc(F)cc1. The minimum Gasteiger partial charge on any atom is -0.346 e. The number of amides is 1. The van der Waals surface area contributed by atoms with Gasteiger partial charge in [-0.05, 0) is 49.1 Å². The molecule has 2 aromatic carbocycles. The van der Waals surface area contributed by atoms with Gasteiger partial charge in [0, 0.05) is 18.1 Å². The lowest BCUT2D eigenvalue weighted by Gasteiger charge is -2.21. The standard InChI is InChI=1S/C21H19FN2O2/c1-13(14-7-9-16(22)10-8-14)23-21(26)18-12-24-11-3-5-15-4-2-6-17(19(15)24)20(18)25/h2,4,6-10,12-13H,3,5,11H2,1H3,(H,23,26)/t13-/m1/s1. The van der Waals surface area contributed by atoms with Crippen molar-refractivity contribution in [3.05, 3.63) is 81.4 Å². The maximum atomic E-state index is 13.1. The van der Waals surface area contributed by atoms with Crippen LogP contribution in [0.3, 0.4) is 0 Å². The third-order valence-electron chi connectivity index (χ3n) is 4.99. The number of benzene rings is 2. The Hall–Kier alpha value is -2.95. The highest BCUT2D eigenvalue weighted by atomic mass is 19.1. The molecule has 0 saturated carbocycles. The fourth-order valence-corrected chi connectivity index (χ4v) is 3.63. The summed E-state index contributed by atoms with van der Waals surface area (Å²) in [6.07, 6.45) is 3.60. The molecule has 0 fully saturated rings. The molecule has 5 heteroatoms. The quantitative estimate of drug-likeness (QED) is 0.785. The van der Waals surface area contributed by atoms with Gasteiger partial charge in [-0.2, -0.15) is 0 Å². The normalized spacial score (nSPS) is 14.2. The van der Waals surface area contributed by atoms with E-state index < -0.39 is 5.91 Å². The summed E-state index contributed by atoms with van der Waals surface area (Å²) in [7, 11) is 0. The first kappa shape index (κ1) is 16.5. The minimum atomic E-state index is -0.409. The number of carbonyl (C=O) groups is 1. The van der Waals surface area contributed by atoms with Crippen molar-refractivity contribution in [2.75, 3.05) is 0 Å². The van der Waals surface area contributed by atoms with Crippen LogP contribution >= 0.6 is 0 Å². The van der Waals surface area contributed by atoms with Gasteiger partial charge in [-0.15, -0.1) is 0 Å². The summed E-state index contributed by atoms with van der Waals surface area (Å²) in [6, 6.07) is 11.3. The van der Waals surface area contributed by atoms with Crippen LogP contribution in [0.5, 0.6) is 0 Å². The van der Waals surface area contributed by atoms with E-state index in [1.165, 1.54) is 12.1 Å². The van der Waals surface area contributed by atoms with Gasteiger partial charge >= 0.3 is 0 Å². The molecule has 0 unspecified atom stereocenters. The predicted molar refractivity (Wildman–Crippen MR) is 98.8 cm³/mol. The fraction of sp³-hybridized carbons (Fsp3) is 0.238. The summed E-state index contributed by atoms with van der Waals surface area (Å²) in [4.78, 5) is 25.6. The van der Waals surface area contributed by atoms with Crippen LogP contribution in [0, 0.1) is 5.82 Å². The van der Waals surface area contributed by atoms with Gasteiger partial charge in [0.05, 0.1) is 11.6 Å². The Kier molecular flexibility index (Phi) is 4.07. The molecule has 0 radical (unpaired) electrons. The smallest absolute Gasteiger partial charge is 0.257 e. The molecule has 132 valence electrons. The largest absolute Gasteiger partial charge is 0.346 e. The fourth-order valence-electron chi connectivity index (χ4n) is 3.63. The summed E-state index contributed by atoms with van der Waals surface area (Å²) >= 11 is 0. The van der Waals surface area contributed by atoms with E-state index >= 15 is 0 Å².